The highest BCUT2D eigenvalue weighted by Crippen LogP contribution is 2.27. The van der Waals surface area contributed by atoms with Crippen LogP contribution in [-0.4, -0.2) is 29.9 Å². The van der Waals surface area contributed by atoms with E-state index in [1.54, 1.807) is 11.3 Å². The summed E-state index contributed by atoms with van der Waals surface area (Å²) in [5.41, 5.74) is 6.58. The second kappa shape index (κ2) is 5.50. The van der Waals surface area contributed by atoms with E-state index in [0.717, 1.165) is 22.3 Å². The van der Waals surface area contributed by atoms with Crippen molar-refractivity contribution in [2.45, 2.75) is 25.8 Å². The highest BCUT2D eigenvalue weighted by molar-refractivity contribution is 9.11. The Labute approximate surface area is 114 Å². The predicted molar refractivity (Wildman–Crippen MR) is 74.3 cm³/mol. The van der Waals surface area contributed by atoms with Crippen LogP contribution in [0.15, 0.2) is 15.2 Å². The third kappa shape index (κ3) is 2.72. The van der Waals surface area contributed by atoms with Gasteiger partial charge >= 0.3 is 0 Å². The number of carbonyl (C=O) groups excluding carboxylic acids is 1. The molecule has 0 radical (unpaired) electrons. The number of likely N-dealkylation sites (tertiary alicyclic amines) is 1. The number of amides is 1. The number of halogens is 1. The van der Waals surface area contributed by atoms with Gasteiger partial charge in [0, 0.05) is 24.5 Å². The third-order valence-electron chi connectivity index (χ3n) is 3.43. The van der Waals surface area contributed by atoms with Crippen molar-refractivity contribution < 1.29 is 4.79 Å². The third-order valence-corrected chi connectivity index (χ3v) is 4.94. The molecule has 3 nitrogen and oxygen atoms in total. The summed E-state index contributed by atoms with van der Waals surface area (Å²) in [4.78, 5) is 14.3. The van der Waals surface area contributed by atoms with Crippen molar-refractivity contribution in [2.24, 2.45) is 11.7 Å². The van der Waals surface area contributed by atoms with Gasteiger partial charge in [-0.15, -0.1) is 11.3 Å². The van der Waals surface area contributed by atoms with Gasteiger partial charge in [0.2, 0.25) is 0 Å². The van der Waals surface area contributed by atoms with E-state index < -0.39 is 0 Å². The SMILES string of the molecule is C[C@H]1CCCN(C(=O)c2csc(Br)c2)[C@@H]1CN. The quantitative estimate of drug-likeness (QED) is 0.911. The summed E-state index contributed by atoms with van der Waals surface area (Å²) >= 11 is 4.94. The van der Waals surface area contributed by atoms with E-state index in [0.29, 0.717) is 12.5 Å². The minimum Gasteiger partial charge on any atom is -0.334 e. The van der Waals surface area contributed by atoms with Gasteiger partial charge in [-0.25, -0.2) is 0 Å². The largest absolute Gasteiger partial charge is 0.334 e. The Morgan fingerprint density at radius 2 is 2.47 bits per heavy atom. The fourth-order valence-corrected chi connectivity index (χ4v) is 3.58. The molecule has 1 amide bonds. The maximum atomic E-state index is 12.4. The summed E-state index contributed by atoms with van der Waals surface area (Å²) < 4.78 is 0.996. The molecule has 1 fully saturated rings. The Kier molecular flexibility index (Phi) is 4.22. The van der Waals surface area contributed by atoms with Crippen LogP contribution in [-0.2, 0) is 0 Å². The van der Waals surface area contributed by atoms with Gasteiger partial charge in [0.1, 0.15) is 0 Å². The first kappa shape index (κ1) is 13.1. The van der Waals surface area contributed by atoms with Crippen LogP contribution in [0.3, 0.4) is 0 Å². The van der Waals surface area contributed by atoms with E-state index in [-0.39, 0.29) is 11.9 Å². The summed E-state index contributed by atoms with van der Waals surface area (Å²) in [6.45, 7) is 3.57. The van der Waals surface area contributed by atoms with Crippen LogP contribution >= 0.6 is 27.3 Å². The van der Waals surface area contributed by atoms with Crippen LogP contribution in [0.5, 0.6) is 0 Å². The Balaban J connectivity index is 2.17. The maximum absolute atomic E-state index is 12.4. The van der Waals surface area contributed by atoms with Crippen LogP contribution in [0.2, 0.25) is 0 Å². The van der Waals surface area contributed by atoms with Gasteiger partial charge in [0.25, 0.3) is 5.91 Å². The lowest BCUT2D eigenvalue weighted by Crippen LogP contribution is -2.51. The van der Waals surface area contributed by atoms with E-state index in [4.69, 9.17) is 5.73 Å². The molecule has 2 N–H and O–H groups in total. The van der Waals surface area contributed by atoms with Crippen molar-refractivity contribution in [1.82, 2.24) is 4.90 Å². The van der Waals surface area contributed by atoms with Gasteiger partial charge in [-0.3, -0.25) is 4.79 Å². The Morgan fingerprint density at radius 1 is 1.71 bits per heavy atom. The number of carbonyl (C=O) groups is 1. The standard InChI is InChI=1S/C12H17BrN2OS/c1-8-3-2-4-15(10(8)6-14)12(16)9-5-11(13)17-7-9/h5,7-8,10H,2-4,6,14H2,1H3/t8-,10+/m0/s1. The summed E-state index contributed by atoms with van der Waals surface area (Å²) in [5, 5.41) is 1.90. The Morgan fingerprint density at radius 3 is 3.06 bits per heavy atom. The number of piperidine rings is 1. The highest BCUT2D eigenvalue weighted by Gasteiger charge is 2.31. The average molecular weight is 317 g/mol. The Hall–Kier alpha value is -0.390. The predicted octanol–water partition coefficient (Wildman–Crippen LogP) is 2.71. The van der Waals surface area contributed by atoms with Crippen molar-refractivity contribution in [3.63, 3.8) is 0 Å². The van der Waals surface area contributed by atoms with Crippen LogP contribution in [0, 0.1) is 5.92 Å². The number of nitrogens with zero attached hydrogens (tertiary/aromatic N) is 1. The molecule has 1 aromatic heterocycles. The van der Waals surface area contributed by atoms with E-state index >= 15 is 0 Å². The maximum Gasteiger partial charge on any atom is 0.255 e. The topological polar surface area (TPSA) is 46.3 Å². The Bertz CT molecular complexity index is 407. The molecule has 0 saturated carbocycles. The minimum atomic E-state index is 0.119. The van der Waals surface area contributed by atoms with E-state index in [1.165, 1.54) is 6.42 Å². The fourth-order valence-electron chi connectivity index (χ4n) is 2.45. The van der Waals surface area contributed by atoms with E-state index in [1.807, 2.05) is 16.3 Å². The van der Waals surface area contributed by atoms with Gasteiger partial charge in [0.05, 0.1) is 9.35 Å². The molecular weight excluding hydrogens is 300 g/mol. The molecule has 0 spiro atoms. The smallest absolute Gasteiger partial charge is 0.255 e. The molecule has 5 heteroatoms. The molecule has 0 aromatic carbocycles. The molecule has 0 aliphatic carbocycles. The number of hydrogen-bond acceptors (Lipinski definition) is 3. The van der Waals surface area contributed by atoms with Gasteiger partial charge in [-0.1, -0.05) is 6.92 Å². The van der Waals surface area contributed by atoms with E-state index in [9.17, 15) is 4.79 Å². The molecule has 17 heavy (non-hydrogen) atoms. The van der Waals surface area contributed by atoms with Crippen LogP contribution in [0.4, 0.5) is 0 Å². The fraction of sp³-hybridized carbons (Fsp3) is 0.583. The first-order valence-corrected chi connectivity index (χ1v) is 7.56. The van der Waals surface area contributed by atoms with Crippen molar-refractivity contribution in [3.05, 3.63) is 20.8 Å². The summed E-state index contributed by atoms with van der Waals surface area (Å²) in [6.07, 6.45) is 2.24. The summed E-state index contributed by atoms with van der Waals surface area (Å²) in [7, 11) is 0. The molecule has 2 rings (SSSR count). The van der Waals surface area contributed by atoms with Crippen molar-refractivity contribution in [2.75, 3.05) is 13.1 Å². The zero-order chi connectivity index (χ0) is 12.4. The molecule has 2 heterocycles. The van der Waals surface area contributed by atoms with Crippen LogP contribution in [0.25, 0.3) is 0 Å². The van der Waals surface area contributed by atoms with Crippen molar-refractivity contribution in [1.29, 1.82) is 0 Å². The zero-order valence-electron chi connectivity index (χ0n) is 9.86. The lowest BCUT2D eigenvalue weighted by Gasteiger charge is -2.39. The van der Waals surface area contributed by atoms with Gasteiger partial charge in [-0.05, 0) is 40.8 Å². The molecule has 0 bridgehead atoms. The number of thiophene rings is 1. The lowest BCUT2D eigenvalue weighted by molar-refractivity contribution is 0.0533. The van der Waals surface area contributed by atoms with Gasteiger partial charge in [0.15, 0.2) is 0 Å². The number of hydrogen-bond donors (Lipinski definition) is 1. The second-order valence-electron chi connectivity index (χ2n) is 4.56. The van der Waals surface area contributed by atoms with E-state index in [2.05, 4.69) is 22.9 Å². The molecular formula is C12H17BrN2OS. The minimum absolute atomic E-state index is 0.119. The monoisotopic (exact) mass is 316 g/mol. The average Bonchev–Trinajstić information content (AvgIpc) is 2.74. The molecule has 2 atom stereocenters. The van der Waals surface area contributed by atoms with Crippen molar-refractivity contribution in [3.8, 4) is 0 Å². The van der Waals surface area contributed by atoms with Crippen LogP contribution < -0.4 is 5.73 Å². The molecule has 0 unspecified atom stereocenters. The number of rotatable bonds is 2. The summed E-state index contributed by atoms with van der Waals surface area (Å²) in [5.74, 6) is 0.619. The van der Waals surface area contributed by atoms with Crippen LogP contribution in [0.1, 0.15) is 30.1 Å². The molecule has 1 saturated heterocycles. The molecule has 1 aliphatic rings. The zero-order valence-corrected chi connectivity index (χ0v) is 12.3. The van der Waals surface area contributed by atoms with Gasteiger partial charge in [-0.2, -0.15) is 0 Å². The normalized spacial score (nSPS) is 25.0. The molecule has 1 aromatic rings. The highest BCUT2D eigenvalue weighted by atomic mass is 79.9. The summed E-state index contributed by atoms with van der Waals surface area (Å²) in [6, 6.07) is 2.08. The second-order valence-corrected chi connectivity index (χ2v) is 6.85. The first-order valence-electron chi connectivity index (χ1n) is 5.88. The van der Waals surface area contributed by atoms with Crippen molar-refractivity contribution >= 4 is 33.2 Å². The molecule has 1 aliphatic heterocycles. The number of nitrogens with two attached hydrogens (primary N) is 1. The first-order chi connectivity index (χ1) is 8.13. The molecule has 94 valence electrons. The van der Waals surface area contributed by atoms with Gasteiger partial charge < -0.3 is 10.6 Å². The lowest BCUT2D eigenvalue weighted by atomic mass is 9.90.